The van der Waals surface area contributed by atoms with E-state index in [1.54, 1.807) is 26.0 Å². The molecule has 112 valence electrons. The minimum absolute atomic E-state index is 0.0569. The van der Waals surface area contributed by atoms with Crippen LogP contribution >= 0.6 is 0 Å². The largest absolute Gasteiger partial charge is 0.337 e. The van der Waals surface area contributed by atoms with Gasteiger partial charge in [0.2, 0.25) is 21.8 Å². The SMILES string of the molecule is CC(=O)Nc1onc(C)c1-c1ccc(S(N)(=O)=O)c(C)c1. The second-order valence-corrected chi connectivity index (χ2v) is 6.21. The lowest BCUT2D eigenvalue weighted by molar-refractivity contribution is -0.114. The molecular weight excluding hydrogens is 294 g/mol. The topological polar surface area (TPSA) is 115 Å². The quantitative estimate of drug-likeness (QED) is 0.892. The Balaban J connectivity index is 2.56. The van der Waals surface area contributed by atoms with E-state index in [2.05, 4.69) is 10.5 Å². The molecule has 1 aromatic carbocycles. The summed E-state index contributed by atoms with van der Waals surface area (Å²) in [6.07, 6.45) is 0. The van der Waals surface area contributed by atoms with Crippen LogP contribution in [0.2, 0.25) is 0 Å². The smallest absolute Gasteiger partial charge is 0.239 e. The molecule has 1 heterocycles. The fourth-order valence-electron chi connectivity index (χ4n) is 2.08. The highest BCUT2D eigenvalue weighted by Crippen LogP contribution is 2.33. The lowest BCUT2D eigenvalue weighted by atomic mass is 10.0. The molecule has 1 aromatic heterocycles. The summed E-state index contributed by atoms with van der Waals surface area (Å²) in [5, 5.41) is 11.5. The van der Waals surface area contributed by atoms with Gasteiger partial charge in [-0.05, 0) is 37.1 Å². The van der Waals surface area contributed by atoms with Crippen molar-refractivity contribution in [2.24, 2.45) is 5.14 Å². The summed E-state index contributed by atoms with van der Waals surface area (Å²) >= 11 is 0. The van der Waals surface area contributed by atoms with E-state index in [1.807, 2.05) is 0 Å². The molecule has 7 nitrogen and oxygen atoms in total. The zero-order valence-electron chi connectivity index (χ0n) is 11.8. The number of benzene rings is 1. The number of carbonyl (C=O) groups excluding carboxylic acids is 1. The summed E-state index contributed by atoms with van der Waals surface area (Å²) in [5.74, 6) is -0.0620. The Morgan fingerprint density at radius 3 is 2.52 bits per heavy atom. The molecule has 0 radical (unpaired) electrons. The van der Waals surface area contributed by atoms with Crippen LogP contribution < -0.4 is 10.5 Å². The first-order valence-electron chi connectivity index (χ1n) is 6.08. The average molecular weight is 309 g/mol. The number of aromatic nitrogens is 1. The number of nitrogens with one attached hydrogen (secondary N) is 1. The minimum atomic E-state index is -3.77. The Hall–Kier alpha value is -2.19. The van der Waals surface area contributed by atoms with Gasteiger partial charge < -0.3 is 4.52 Å². The second kappa shape index (κ2) is 5.30. The Labute approximate surface area is 122 Å². The van der Waals surface area contributed by atoms with Crippen LogP contribution in [0.3, 0.4) is 0 Å². The van der Waals surface area contributed by atoms with Gasteiger partial charge in [0, 0.05) is 6.92 Å². The molecule has 1 amide bonds. The molecule has 0 unspecified atom stereocenters. The highest BCUT2D eigenvalue weighted by molar-refractivity contribution is 7.89. The van der Waals surface area contributed by atoms with E-state index in [0.29, 0.717) is 22.4 Å². The van der Waals surface area contributed by atoms with Crippen LogP contribution in [0.15, 0.2) is 27.6 Å². The standard InChI is InChI=1S/C13H15N3O4S/c1-7-6-10(4-5-11(7)21(14,18)19)12-8(2)16-20-13(12)15-9(3)17/h4-6H,1-3H3,(H,15,17)(H2,14,18,19). The van der Waals surface area contributed by atoms with E-state index >= 15 is 0 Å². The van der Waals surface area contributed by atoms with Gasteiger partial charge in [0.25, 0.3) is 0 Å². The molecule has 0 aliphatic rings. The fourth-order valence-corrected chi connectivity index (χ4v) is 2.84. The Bertz CT molecular complexity index is 809. The summed E-state index contributed by atoms with van der Waals surface area (Å²) in [7, 11) is -3.77. The third-order valence-electron chi connectivity index (χ3n) is 2.92. The van der Waals surface area contributed by atoms with Gasteiger partial charge >= 0.3 is 0 Å². The number of hydrogen-bond donors (Lipinski definition) is 2. The van der Waals surface area contributed by atoms with Gasteiger partial charge in [-0.3, -0.25) is 10.1 Å². The predicted molar refractivity (Wildman–Crippen MR) is 77.1 cm³/mol. The van der Waals surface area contributed by atoms with Crippen molar-refractivity contribution in [1.29, 1.82) is 0 Å². The van der Waals surface area contributed by atoms with Gasteiger partial charge in [0.1, 0.15) is 0 Å². The summed E-state index contributed by atoms with van der Waals surface area (Å²) in [5.41, 5.74) is 2.38. The zero-order chi connectivity index (χ0) is 15.8. The number of carbonyl (C=O) groups is 1. The van der Waals surface area contributed by atoms with Crippen LogP contribution in [0.1, 0.15) is 18.2 Å². The number of hydrogen-bond acceptors (Lipinski definition) is 5. The third kappa shape index (κ3) is 3.11. The van der Waals surface area contributed by atoms with E-state index in [9.17, 15) is 13.2 Å². The summed E-state index contributed by atoms with van der Waals surface area (Å²) in [4.78, 5) is 11.2. The molecule has 2 rings (SSSR count). The monoisotopic (exact) mass is 309 g/mol. The summed E-state index contributed by atoms with van der Waals surface area (Å²) < 4.78 is 27.9. The molecule has 0 atom stereocenters. The molecular formula is C13H15N3O4S. The van der Waals surface area contributed by atoms with E-state index < -0.39 is 10.0 Å². The number of amides is 1. The van der Waals surface area contributed by atoms with Crippen LogP contribution in [0.5, 0.6) is 0 Å². The van der Waals surface area contributed by atoms with Crippen molar-refractivity contribution in [2.45, 2.75) is 25.7 Å². The van der Waals surface area contributed by atoms with Crippen LogP contribution in [0.25, 0.3) is 11.1 Å². The number of aryl methyl sites for hydroxylation is 2. The average Bonchev–Trinajstić information content (AvgIpc) is 2.67. The zero-order valence-corrected chi connectivity index (χ0v) is 12.6. The summed E-state index contributed by atoms with van der Waals surface area (Å²) in [6.45, 7) is 4.73. The van der Waals surface area contributed by atoms with Gasteiger partial charge in [-0.1, -0.05) is 11.2 Å². The maximum Gasteiger partial charge on any atom is 0.239 e. The number of rotatable bonds is 3. The molecule has 0 fully saturated rings. The van der Waals surface area contributed by atoms with Crippen molar-refractivity contribution in [3.63, 3.8) is 0 Å². The maximum absolute atomic E-state index is 11.4. The van der Waals surface area contributed by atoms with E-state index in [0.717, 1.165) is 0 Å². The first-order valence-corrected chi connectivity index (χ1v) is 7.62. The molecule has 0 aliphatic heterocycles. The van der Waals surface area contributed by atoms with E-state index in [1.165, 1.54) is 13.0 Å². The highest BCUT2D eigenvalue weighted by Gasteiger charge is 2.18. The lowest BCUT2D eigenvalue weighted by Crippen LogP contribution is -2.13. The van der Waals surface area contributed by atoms with Crippen LogP contribution in [-0.4, -0.2) is 19.5 Å². The van der Waals surface area contributed by atoms with Gasteiger partial charge in [-0.25, -0.2) is 13.6 Å². The first-order chi connectivity index (χ1) is 9.70. The van der Waals surface area contributed by atoms with Gasteiger partial charge in [-0.2, -0.15) is 0 Å². The maximum atomic E-state index is 11.4. The lowest BCUT2D eigenvalue weighted by Gasteiger charge is -2.07. The predicted octanol–water partition coefficient (Wildman–Crippen LogP) is 1.56. The molecule has 0 saturated heterocycles. The van der Waals surface area contributed by atoms with Crippen molar-refractivity contribution in [1.82, 2.24) is 5.16 Å². The molecule has 2 aromatic rings. The van der Waals surface area contributed by atoms with Crippen molar-refractivity contribution in [3.05, 3.63) is 29.5 Å². The highest BCUT2D eigenvalue weighted by atomic mass is 32.2. The minimum Gasteiger partial charge on any atom is -0.337 e. The number of nitrogens with zero attached hydrogens (tertiary/aromatic N) is 1. The van der Waals surface area contributed by atoms with Crippen molar-refractivity contribution >= 4 is 21.8 Å². The molecule has 0 bridgehead atoms. The summed E-state index contributed by atoms with van der Waals surface area (Å²) in [6, 6.07) is 4.67. The van der Waals surface area contributed by atoms with Crippen LogP contribution in [-0.2, 0) is 14.8 Å². The third-order valence-corrected chi connectivity index (χ3v) is 3.99. The normalized spacial score (nSPS) is 11.4. The Morgan fingerprint density at radius 2 is 2.00 bits per heavy atom. The molecule has 21 heavy (non-hydrogen) atoms. The number of anilines is 1. The molecule has 0 spiro atoms. The van der Waals surface area contributed by atoms with Crippen molar-refractivity contribution in [3.8, 4) is 11.1 Å². The van der Waals surface area contributed by atoms with Gasteiger partial charge in [0.15, 0.2) is 0 Å². The van der Waals surface area contributed by atoms with Gasteiger partial charge in [-0.15, -0.1) is 0 Å². The second-order valence-electron chi connectivity index (χ2n) is 4.68. The van der Waals surface area contributed by atoms with Crippen LogP contribution in [0, 0.1) is 13.8 Å². The van der Waals surface area contributed by atoms with Crippen molar-refractivity contribution in [2.75, 3.05) is 5.32 Å². The number of primary sulfonamides is 1. The first kappa shape index (κ1) is 15.2. The van der Waals surface area contributed by atoms with E-state index in [4.69, 9.17) is 9.66 Å². The Morgan fingerprint density at radius 1 is 1.33 bits per heavy atom. The fraction of sp³-hybridized carbons (Fsp3) is 0.231. The molecule has 0 aliphatic carbocycles. The molecule has 3 N–H and O–H groups in total. The molecule has 8 heteroatoms. The van der Waals surface area contributed by atoms with Gasteiger partial charge in [0.05, 0.1) is 16.2 Å². The Kier molecular flexibility index (Phi) is 3.84. The number of nitrogens with two attached hydrogens (primary N) is 1. The van der Waals surface area contributed by atoms with E-state index in [-0.39, 0.29) is 16.7 Å². The molecule has 0 saturated carbocycles. The van der Waals surface area contributed by atoms with Crippen molar-refractivity contribution < 1.29 is 17.7 Å². The number of sulfonamides is 1. The van der Waals surface area contributed by atoms with Crippen LogP contribution in [0.4, 0.5) is 5.88 Å².